The number of nitrogens with zero attached hydrogens (tertiary/aromatic N) is 2. The van der Waals surface area contributed by atoms with Crippen LogP contribution in [0.25, 0.3) is 5.76 Å². The molecule has 178 valence electrons. The van der Waals surface area contributed by atoms with Gasteiger partial charge >= 0.3 is 0 Å². The molecule has 0 bridgehead atoms. The Morgan fingerprint density at radius 2 is 1.46 bits per heavy atom. The van der Waals surface area contributed by atoms with E-state index >= 15 is 0 Å². The maximum absolute atomic E-state index is 13.3. The van der Waals surface area contributed by atoms with Crippen molar-refractivity contribution >= 4 is 52.0 Å². The Morgan fingerprint density at radius 1 is 0.800 bits per heavy atom. The number of amides is 1. The fourth-order valence-electron chi connectivity index (χ4n) is 4.82. The lowest BCUT2D eigenvalue weighted by molar-refractivity contribution is -0.132. The number of aliphatic hydroxyl groups is 1. The molecule has 2 heterocycles. The van der Waals surface area contributed by atoms with E-state index in [-0.39, 0.29) is 16.4 Å². The van der Waals surface area contributed by atoms with Gasteiger partial charge in [-0.15, -0.1) is 0 Å². The minimum Gasteiger partial charge on any atom is -0.507 e. The van der Waals surface area contributed by atoms with Gasteiger partial charge in [0.25, 0.3) is 11.7 Å². The van der Waals surface area contributed by atoms with Gasteiger partial charge in [-0.2, -0.15) is 0 Å². The van der Waals surface area contributed by atoms with Crippen LogP contribution in [0.1, 0.15) is 36.4 Å². The van der Waals surface area contributed by atoms with Gasteiger partial charge in [0.1, 0.15) is 5.76 Å². The zero-order chi connectivity index (χ0) is 24.5. The van der Waals surface area contributed by atoms with E-state index in [9.17, 15) is 14.7 Å². The van der Waals surface area contributed by atoms with Crippen molar-refractivity contribution < 1.29 is 14.7 Å². The molecule has 35 heavy (non-hydrogen) atoms. The standard InChI is InChI=1S/C28H24Cl2N2O3/c29-22-14-9-19(17-23(22)30)26(33)24-25(18-7-3-1-4-8-18)32(28(35)27(24)34)21-12-10-20(11-13-21)31-15-5-2-6-16-31/h1,3-4,7-14,17,25,33H,2,5-6,15-16H2/b26-24-. The van der Waals surface area contributed by atoms with Crippen LogP contribution in [0, 0.1) is 0 Å². The van der Waals surface area contributed by atoms with Gasteiger partial charge in [0.2, 0.25) is 0 Å². The summed E-state index contributed by atoms with van der Waals surface area (Å²) in [4.78, 5) is 30.4. The smallest absolute Gasteiger partial charge is 0.300 e. The van der Waals surface area contributed by atoms with Crippen molar-refractivity contribution in [2.75, 3.05) is 22.9 Å². The van der Waals surface area contributed by atoms with Gasteiger partial charge in [0.05, 0.1) is 21.7 Å². The molecule has 5 nitrogen and oxygen atoms in total. The van der Waals surface area contributed by atoms with Crippen LogP contribution < -0.4 is 9.80 Å². The van der Waals surface area contributed by atoms with Crippen LogP contribution in [0.5, 0.6) is 0 Å². The maximum atomic E-state index is 13.3. The first-order valence-electron chi connectivity index (χ1n) is 11.6. The van der Waals surface area contributed by atoms with Gasteiger partial charge in [-0.1, -0.05) is 53.5 Å². The van der Waals surface area contributed by atoms with E-state index in [4.69, 9.17) is 23.2 Å². The number of piperidine rings is 1. The number of rotatable bonds is 4. The van der Waals surface area contributed by atoms with E-state index in [0.29, 0.717) is 21.8 Å². The second-order valence-corrected chi connectivity index (χ2v) is 9.59. The zero-order valence-electron chi connectivity index (χ0n) is 19.0. The Bertz CT molecular complexity index is 1300. The van der Waals surface area contributed by atoms with Crippen molar-refractivity contribution in [2.45, 2.75) is 25.3 Å². The molecule has 2 fully saturated rings. The summed E-state index contributed by atoms with van der Waals surface area (Å²) in [6.07, 6.45) is 3.58. The van der Waals surface area contributed by atoms with Crippen LogP contribution in [0.2, 0.25) is 10.0 Å². The Balaban J connectivity index is 1.60. The first-order valence-corrected chi connectivity index (χ1v) is 12.4. The van der Waals surface area contributed by atoms with E-state index in [2.05, 4.69) is 4.90 Å². The number of hydrogen-bond donors (Lipinski definition) is 1. The second kappa shape index (κ2) is 9.76. The number of aliphatic hydroxyl groups excluding tert-OH is 1. The fraction of sp³-hybridized carbons (Fsp3) is 0.214. The van der Waals surface area contributed by atoms with Crippen LogP contribution in [0.15, 0.2) is 78.4 Å². The third kappa shape index (κ3) is 4.42. The average Bonchev–Trinajstić information content (AvgIpc) is 3.16. The van der Waals surface area contributed by atoms with Crippen molar-refractivity contribution in [1.29, 1.82) is 0 Å². The quantitative estimate of drug-likeness (QED) is 0.245. The van der Waals surface area contributed by atoms with Gasteiger partial charge in [0, 0.05) is 30.0 Å². The van der Waals surface area contributed by atoms with Crippen LogP contribution >= 0.6 is 23.2 Å². The van der Waals surface area contributed by atoms with E-state index in [0.717, 1.165) is 18.8 Å². The SMILES string of the molecule is O=C1C(=O)N(c2ccc(N3CCCCC3)cc2)C(c2ccccc2)/C1=C(/O)c1ccc(Cl)c(Cl)c1. The second-order valence-electron chi connectivity index (χ2n) is 8.77. The van der Waals surface area contributed by atoms with Crippen molar-refractivity contribution in [3.8, 4) is 0 Å². The number of carbonyl (C=O) groups is 2. The van der Waals surface area contributed by atoms with E-state index in [1.54, 1.807) is 12.1 Å². The molecular formula is C28H24Cl2N2O3. The molecule has 0 aliphatic carbocycles. The van der Waals surface area contributed by atoms with Crippen molar-refractivity contribution in [2.24, 2.45) is 0 Å². The lowest BCUT2D eigenvalue weighted by Crippen LogP contribution is -2.30. The topological polar surface area (TPSA) is 60.9 Å². The monoisotopic (exact) mass is 506 g/mol. The molecular weight excluding hydrogens is 483 g/mol. The van der Waals surface area contributed by atoms with Gasteiger partial charge < -0.3 is 10.0 Å². The molecule has 0 aromatic heterocycles. The molecule has 7 heteroatoms. The molecule has 2 saturated heterocycles. The molecule has 1 amide bonds. The highest BCUT2D eigenvalue weighted by Crippen LogP contribution is 2.43. The fourth-order valence-corrected chi connectivity index (χ4v) is 5.12. The highest BCUT2D eigenvalue weighted by atomic mass is 35.5. The van der Waals surface area contributed by atoms with Gasteiger partial charge in [-0.25, -0.2) is 0 Å². The zero-order valence-corrected chi connectivity index (χ0v) is 20.5. The third-order valence-corrected chi connectivity index (χ3v) is 7.34. The molecule has 1 unspecified atom stereocenters. The molecule has 2 aliphatic heterocycles. The summed E-state index contributed by atoms with van der Waals surface area (Å²) in [5.41, 5.74) is 2.74. The van der Waals surface area contributed by atoms with Crippen LogP contribution in [0.3, 0.4) is 0 Å². The summed E-state index contributed by atoms with van der Waals surface area (Å²) >= 11 is 12.2. The van der Waals surface area contributed by atoms with Crippen LogP contribution in [0.4, 0.5) is 11.4 Å². The lowest BCUT2D eigenvalue weighted by Gasteiger charge is -2.30. The predicted octanol–water partition coefficient (Wildman–Crippen LogP) is 6.61. The van der Waals surface area contributed by atoms with Crippen molar-refractivity contribution in [3.05, 3.63) is 99.5 Å². The van der Waals surface area contributed by atoms with Crippen LogP contribution in [-0.2, 0) is 9.59 Å². The minimum atomic E-state index is -0.786. The number of benzene rings is 3. The molecule has 5 rings (SSSR count). The number of carbonyl (C=O) groups excluding carboxylic acids is 2. The molecule has 0 saturated carbocycles. The summed E-state index contributed by atoms with van der Waals surface area (Å²) in [6.45, 7) is 2.02. The minimum absolute atomic E-state index is 0.0136. The van der Waals surface area contributed by atoms with E-state index < -0.39 is 17.7 Å². The molecule has 3 aromatic rings. The highest BCUT2D eigenvalue weighted by Gasteiger charge is 2.47. The molecule has 3 aromatic carbocycles. The average molecular weight is 507 g/mol. The number of Topliss-reactive ketones (excluding diaryl/α,β-unsaturated/α-hetero) is 1. The van der Waals surface area contributed by atoms with Crippen LogP contribution in [-0.4, -0.2) is 29.9 Å². The molecule has 1 N–H and O–H groups in total. The molecule has 0 spiro atoms. The Hall–Kier alpha value is -3.28. The van der Waals surface area contributed by atoms with Crippen molar-refractivity contribution in [1.82, 2.24) is 0 Å². The number of ketones is 1. The summed E-state index contributed by atoms with van der Waals surface area (Å²) in [7, 11) is 0. The molecule has 0 radical (unpaired) electrons. The first kappa shape index (κ1) is 23.5. The van der Waals surface area contributed by atoms with Crippen molar-refractivity contribution in [3.63, 3.8) is 0 Å². The van der Waals surface area contributed by atoms with Gasteiger partial charge in [-0.05, 0) is 67.3 Å². The Labute approximate surface area is 214 Å². The summed E-state index contributed by atoms with van der Waals surface area (Å²) in [6, 6.07) is 20.8. The Kier molecular flexibility index (Phi) is 6.54. The summed E-state index contributed by atoms with van der Waals surface area (Å²) < 4.78 is 0. The van der Waals surface area contributed by atoms with E-state index in [1.807, 2.05) is 54.6 Å². The highest BCUT2D eigenvalue weighted by molar-refractivity contribution is 6.51. The molecule has 1 atom stereocenters. The lowest BCUT2D eigenvalue weighted by atomic mass is 9.95. The van der Waals surface area contributed by atoms with Gasteiger partial charge in [-0.3, -0.25) is 14.5 Å². The molecule has 2 aliphatic rings. The number of anilines is 2. The Morgan fingerprint density at radius 3 is 2.11 bits per heavy atom. The third-order valence-electron chi connectivity index (χ3n) is 6.60. The largest absolute Gasteiger partial charge is 0.507 e. The summed E-state index contributed by atoms with van der Waals surface area (Å²) in [5.74, 6) is -1.73. The summed E-state index contributed by atoms with van der Waals surface area (Å²) in [5, 5.41) is 11.8. The normalized spacial score (nSPS) is 19.9. The van der Waals surface area contributed by atoms with Gasteiger partial charge in [0.15, 0.2) is 0 Å². The van der Waals surface area contributed by atoms with E-state index in [1.165, 1.54) is 30.2 Å². The first-order chi connectivity index (χ1) is 17.0. The maximum Gasteiger partial charge on any atom is 0.300 e. The number of halogens is 2. The predicted molar refractivity (Wildman–Crippen MR) is 140 cm³/mol. The number of hydrogen-bond acceptors (Lipinski definition) is 4.